The maximum Gasteiger partial charge on any atom is 0.337 e. The summed E-state index contributed by atoms with van der Waals surface area (Å²) in [6.45, 7) is 5.27. The minimum absolute atomic E-state index is 0.253. The third-order valence-electron chi connectivity index (χ3n) is 2.94. The summed E-state index contributed by atoms with van der Waals surface area (Å²) in [6.07, 6.45) is 0.838. The second-order valence-electron chi connectivity index (χ2n) is 5.11. The van der Waals surface area contributed by atoms with Gasteiger partial charge in [0.15, 0.2) is 0 Å². The lowest BCUT2D eigenvalue weighted by Gasteiger charge is -2.31. The molecule has 0 unspecified atom stereocenters. The summed E-state index contributed by atoms with van der Waals surface area (Å²) >= 11 is 0. The molecule has 1 aromatic carbocycles. The van der Waals surface area contributed by atoms with Crippen LogP contribution in [0.4, 0.5) is 0 Å². The molecule has 1 aromatic rings. The summed E-state index contributed by atoms with van der Waals surface area (Å²) in [5, 5.41) is 10.2. The summed E-state index contributed by atoms with van der Waals surface area (Å²) in [4.78, 5) is 11.4. The maximum atomic E-state index is 11.4. The van der Waals surface area contributed by atoms with Gasteiger partial charge in [-0.25, -0.2) is 4.79 Å². The van der Waals surface area contributed by atoms with Gasteiger partial charge in [-0.2, -0.15) is 0 Å². The lowest BCUT2D eigenvalue weighted by molar-refractivity contribution is -0.206. The fraction of sp³-hybridized carbons (Fsp3) is 0.400. The van der Waals surface area contributed by atoms with Gasteiger partial charge in [-0.05, 0) is 18.1 Å². The Kier molecular flexibility index (Phi) is 3.62. The van der Waals surface area contributed by atoms with Gasteiger partial charge in [0.05, 0.1) is 12.2 Å². The molecule has 0 fully saturated rings. The fourth-order valence-electron chi connectivity index (χ4n) is 2.13. The topological polar surface area (TPSA) is 55.8 Å². The van der Waals surface area contributed by atoms with Gasteiger partial charge in [0.2, 0.25) is 5.79 Å². The zero-order valence-electron chi connectivity index (χ0n) is 11.3. The highest BCUT2D eigenvalue weighted by molar-refractivity contribution is 5.83. The predicted octanol–water partition coefficient (Wildman–Crippen LogP) is 2.61. The first-order chi connectivity index (χ1) is 8.87. The SMILES string of the molecule is Cc1ccccc1[C@H](O)CC1=CC(=O)OC(C)(C)O1. The van der Waals surface area contributed by atoms with E-state index >= 15 is 0 Å². The third-order valence-corrected chi connectivity index (χ3v) is 2.94. The van der Waals surface area contributed by atoms with Crippen molar-refractivity contribution in [3.8, 4) is 0 Å². The van der Waals surface area contributed by atoms with Crippen LogP contribution in [0.2, 0.25) is 0 Å². The molecule has 0 spiro atoms. The van der Waals surface area contributed by atoms with Gasteiger partial charge in [0.25, 0.3) is 0 Å². The van der Waals surface area contributed by atoms with Crippen molar-refractivity contribution in [2.45, 2.75) is 39.1 Å². The van der Waals surface area contributed by atoms with E-state index in [0.717, 1.165) is 11.1 Å². The van der Waals surface area contributed by atoms with Gasteiger partial charge in [0.1, 0.15) is 5.76 Å². The third kappa shape index (κ3) is 3.35. The van der Waals surface area contributed by atoms with Gasteiger partial charge in [-0.15, -0.1) is 0 Å². The van der Waals surface area contributed by atoms with Crippen molar-refractivity contribution in [1.82, 2.24) is 0 Å². The van der Waals surface area contributed by atoms with Crippen LogP contribution in [0.1, 0.15) is 37.5 Å². The Morgan fingerprint density at radius 3 is 2.58 bits per heavy atom. The second-order valence-corrected chi connectivity index (χ2v) is 5.11. The standard InChI is InChI=1S/C15H18O4/c1-10-6-4-5-7-12(10)13(16)8-11-9-14(17)19-15(2,3)18-11/h4-7,9,13,16H,8H2,1-3H3/t13-/m1/s1. The quantitative estimate of drug-likeness (QED) is 0.851. The minimum atomic E-state index is -0.980. The zero-order valence-corrected chi connectivity index (χ0v) is 11.3. The first-order valence-corrected chi connectivity index (χ1v) is 6.23. The number of rotatable bonds is 3. The Morgan fingerprint density at radius 1 is 1.26 bits per heavy atom. The summed E-state index contributed by atoms with van der Waals surface area (Å²) in [7, 11) is 0. The van der Waals surface area contributed by atoms with E-state index in [4.69, 9.17) is 9.47 Å². The van der Waals surface area contributed by atoms with Crippen LogP contribution < -0.4 is 0 Å². The van der Waals surface area contributed by atoms with Crippen molar-refractivity contribution in [2.24, 2.45) is 0 Å². The Bertz CT molecular complexity index is 517. The Balaban J connectivity index is 2.13. The molecule has 0 saturated carbocycles. The molecule has 4 nitrogen and oxygen atoms in total. The molecule has 1 heterocycles. The molecule has 0 saturated heterocycles. The molecule has 1 atom stereocenters. The molecule has 4 heteroatoms. The number of esters is 1. The number of ether oxygens (including phenoxy) is 2. The number of carbonyl (C=O) groups is 1. The Labute approximate surface area is 112 Å². The van der Waals surface area contributed by atoms with Crippen LogP contribution in [0.15, 0.2) is 36.1 Å². The van der Waals surface area contributed by atoms with Crippen molar-refractivity contribution in [3.05, 3.63) is 47.2 Å². The number of carbonyl (C=O) groups excluding carboxylic acids is 1. The second kappa shape index (κ2) is 5.05. The smallest absolute Gasteiger partial charge is 0.337 e. The van der Waals surface area contributed by atoms with E-state index in [1.807, 2.05) is 31.2 Å². The van der Waals surface area contributed by atoms with E-state index in [1.165, 1.54) is 6.08 Å². The summed E-state index contributed by atoms with van der Waals surface area (Å²) < 4.78 is 10.5. The average Bonchev–Trinajstić information content (AvgIpc) is 2.26. The summed E-state index contributed by atoms with van der Waals surface area (Å²) in [5.74, 6) is -0.979. The summed E-state index contributed by atoms with van der Waals surface area (Å²) in [5.41, 5.74) is 1.84. The van der Waals surface area contributed by atoms with E-state index in [1.54, 1.807) is 13.8 Å². The highest BCUT2D eigenvalue weighted by Crippen LogP contribution is 2.29. The number of benzene rings is 1. The van der Waals surface area contributed by atoms with Crippen LogP contribution in [0.5, 0.6) is 0 Å². The first-order valence-electron chi connectivity index (χ1n) is 6.23. The van der Waals surface area contributed by atoms with Crippen LogP contribution in [0.3, 0.4) is 0 Å². The molecule has 0 aliphatic carbocycles. The van der Waals surface area contributed by atoms with Crippen molar-refractivity contribution in [1.29, 1.82) is 0 Å². The average molecular weight is 262 g/mol. The first kappa shape index (κ1) is 13.6. The van der Waals surface area contributed by atoms with Crippen LogP contribution in [-0.4, -0.2) is 16.9 Å². The highest BCUT2D eigenvalue weighted by Gasteiger charge is 2.31. The van der Waals surface area contributed by atoms with Crippen LogP contribution in [0.25, 0.3) is 0 Å². The van der Waals surface area contributed by atoms with Gasteiger partial charge in [-0.1, -0.05) is 24.3 Å². The molecule has 19 heavy (non-hydrogen) atoms. The van der Waals surface area contributed by atoms with Crippen LogP contribution in [-0.2, 0) is 14.3 Å². The van der Waals surface area contributed by atoms with E-state index in [0.29, 0.717) is 5.76 Å². The Morgan fingerprint density at radius 2 is 1.95 bits per heavy atom. The number of hydrogen-bond donors (Lipinski definition) is 1. The van der Waals surface area contributed by atoms with Crippen molar-refractivity contribution in [2.75, 3.05) is 0 Å². The van der Waals surface area contributed by atoms with Crippen LogP contribution in [0, 0.1) is 6.92 Å². The molecule has 0 radical (unpaired) electrons. The molecule has 0 amide bonds. The molecule has 2 rings (SSSR count). The molecule has 1 aliphatic rings. The van der Waals surface area contributed by atoms with E-state index < -0.39 is 17.9 Å². The molecule has 0 bridgehead atoms. The van der Waals surface area contributed by atoms with Gasteiger partial charge >= 0.3 is 5.97 Å². The predicted molar refractivity (Wildman–Crippen MR) is 70.1 cm³/mol. The van der Waals surface area contributed by atoms with E-state index in [9.17, 15) is 9.90 Å². The van der Waals surface area contributed by atoms with E-state index in [-0.39, 0.29) is 6.42 Å². The molecular weight excluding hydrogens is 244 g/mol. The fourth-order valence-corrected chi connectivity index (χ4v) is 2.13. The van der Waals surface area contributed by atoms with Crippen molar-refractivity contribution < 1.29 is 19.4 Å². The molecule has 102 valence electrons. The number of aliphatic hydroxyl groups excluding tert-OH is 1. The lowest BCUT2D eigenvalue weighted by atomic mass is 10.0. The monoisotopic (exact) mass is 262 g/mol. The van der Waals surface area contributed by atoms with Crippen LogP contribution >= 0.6 is 0 Å². The van der Waals surface area contributed by atoms with Crippen molar-refractivity contribution >= 4 is 5.97 Å². The van der Waals surface area contributed by atoms with Crippen molar-refractivity contribution in [3.63, 3.8) is 0 Å². The number of aryl methyl sites for hydroxylation is 1. The van der Waals surface area contributed by atoms with Gasteiger partial charge in [-0.3, -0.25) is 0 Å². The number of cyclic esters (lactones) is 1. The lowest BCUT2D eigenvalue weighted by Crippen LogP contribution is -2.34. The summed E-state index contributed by atoms with van der Waals surface area (Å²) in [6, 6.07) is 7.60. The molecule has 1 N–H and O–H groups in total. The molecular formula is C15H18O4. The molecule has 0 aromatic heterocycles. The van der Waals surface area contributed by atoms with Gasteiger partial charge in [0, 0.05) is 20.3 Å². The van der Waals surface area contributed by atoms with Gasteiger partial charge < -0.3 is 14.6 Å². The number of aliphatic hydroxyl groups is 1. The maximum absolute atomic E-state index is 11.4. The largest absolute Gasteiger partial charge is 0.457 e. The Hall–Kier alpha value is -1.81. The zero-order chi connectivity index (χ0) is 14.0. The van der Waals surface area contributed by atoms with E-state index in [2.05, 4.69) is 0 Å². The highest BCUT2D eigenvalue weighted by atomic mass is 16.7. The number of hydrogen-bond acceptors (Lipinski definition) is 4. The minimum Gasteiger partial charge on any atom is -0.457 e. The normalized spacial score (nSPS) is 19.2. The molecule has 1 aliphatic heterocycles.